The standard InChI is InChI=1S/C22H17ClF3N3O3S/c1-31-15-6-4-13(5-7-15)17-10-18(19-3-2-8-32-19)29(28-17)20(30)12-33-21-16(23)9-14(11-27-21)22(24,25)26/h2-9,11,18H,10,12H2,1H3/t18-/m0/s1. The molecule has 0 saturated heterocycles. The number of ether oxygens (including phenoxy) is 1. The Morgan fingerprint density at radius 2 is 2.06 bits per heavy atom. The van der Waals surface area contributed by atoms with E-state index in [-0.39, 0.29) is 21.7 Å². The summed E-state index contributed by atoms with van der Waals surface area (Å²) in [4.78, 5) is 16.8. The van der Waals surface area contributed by atoms with E-state index in [2.05, 4.69) is 10.1 Å². The molecule has 3 heterocycles. The molecule has 33 heavy (non-hydrogen) atoms. The third-order valence-electron chi connectivity index (χ3n) is 4.93. The summed E-state index contributed by atoms with van der Waals surface area (Å²) in [7, 11) is 1.57. The molecule has 0 spiro atoms. The minimum atomic E-state index is -4.55. The van der Waals surface area contributed by atoms with Crippen LogP contribution in [0.15, 0.2) is 69.5 Å². The van der Waals surface area contributed by atoms with Crippen molar-refractivity contribution < 1.29 is 27.1 Å². The minimum Gasteiger partial charge on any atom is -0.497 e. The summed E-state index contributed by atoms with van der Waals surface area (Å²) in [5.74, 6) is 0.800. The molecule has 1 aromatic carbocycles. The maximum absolute atomic E-state index is 13.0. The quantitative estimate of drug-likeness (QED) is 0.403. The van der Waals surface area contributed by atoms with Crippen molar-refractivity contribution in [2.45, 2.75) is 23.7 Å². The van der Waals surface area contributed by atoms with Gasteiger partial charge in [0.2, 0.25) is 0 Å². The number of rotatable bonds is 6. The lowest BCUT2D eigenvalue weighted by molar-refractivity contribution is -0.138. The summed E-state index contributed by atoms with van der Waals surface area (Å²) in [6.45, 7) is 0. The van der Waals surface area contributed by atoms with Gasteiger partial charge >= 0.3 is 6.18 Å². The molecule has 172 valence electrons. The summed E-state index contributed by atoms with van der Waals surface area (Å²) in [5, 5.41) is 5.81. The number of benzene rings is 1. The van der Waals surface area contributed by atoms with Gasteiger partial charge in [-0.15, -0.1) is 0 Å². The molecule has 1 aliphatic rings. The van der Waals surface area contributed by atoms with E-state index in [1.54, 1.807) is 31.4 Å². The molecule has 0 saturated carbocycles. The molecule has 2 aromatic heterocycles. The molecule has 1 amide bonds. The fraction of sp³-hybridized carbons (Fsp3) is 0.227. The highest BCUT2D eigenvalue weighted by atomic mass is 35.5. The molecule has 6 nitrogen and oxygen atoms in total. The van der Waals surface area contributed by atoms with Crippen LogP contribution in [0.1, 0.15) is 29.3 Å². The Kier molecular flexibility index (Phi) is 6.66. The molecule has 0 unspecified atom stereocenters. The zero-order chi connectivity index (χ0) is 23.6. The highest BCUT2D eigenvalue weighted by Gasteiger charge is 2.35. The summed E-state index contributed by atoms with van der Waals surface area (Å²) < 4.78 is 49.1. The van der Waals surface area contributed by atoms with Crippen LogP contribution in [-0.4, -0.2) is 34.5 Å². The van der Waals surface area contributed by atoms with Crippen LogP contribution in [0.4, 0.5) is 13.2 Å². The highest BCUT2D eigenvalue weighted by molar-refractivity contribution is 8.00. The van der Waals surface area contributed by atoms with Gasteiger partial charge in [-0.05, 0) is 48.0 Å². The molecule has 11 heteroatoms. The van der Waals surface area contributed by atoms with Crippen LogP contribution < -0.4 is 4.74 Å². The first kappa shape index (κ1) is 23.2. The van der Waals surface area contributed by atoms with Gasteiger partial charge in [-0.2, -0.15) is 18.3 Å². The molecular formula is C22H17ClF3N3O3S. The number of nitrogens with zero attached hydrogens (tertiary/aromatic N) is 3. The van der Waals surface area contributed by atoms with Gasteiger partial charge in [-0.1, -0.05) is 23.4 Å². The predicted octanol–water partition coefficient (Wildman–Crippen LogP) is 5.83. The lowest BCUT2D eigenvalue weighted by atomic mass is 10.0. The number of hydrogen-bond donors (Lipinski definition) is 0. The number of methoxy groups -OCH3 is 1. The van der Waals surface area contributed by atoms with E-state index in [0.29, 0.717) is 29.8 Å². The van der Waals surface area contributed by atoms with Gasteiger partial charge in [-0.25, -0.2) is 9.99 Å². The van der Waals surface area contributed by atoms with Crippen molar-refractivity contribution in [3.05, 3.63) is 76.8 Å². The Bertz CT molecular complexity index is 1170. The van der Waals surface area contributed by atoms with Crippen molar-refractivity contribution >= 4 is 35.0 Å². The number of carbonyl (C=O) groups is 1. The van der Waals surface area contributed by atoms with Crippen molar-refractivity contribution in [2.75, 3.05) is 12.9 Å². The Hall–Kier alpha value is -2.98. The molecule has 0 fully saturated rings. The second-order valence-corrected chi connectivity index (χ2v) is 8.42. The number of aromatic nitrogens is 1. The van der Waals surface area contributed by atoms with Crippen molar-refractivity contribution in [3.8, 4) is 5.75 Å². The Balaban J connectivity index is 1.52. The molecule has 0 bridgehead atoms. The molecule has 0 aliphatic carbocycles. The number of thioether (sulfide) groups is 1. The summed E-state index contributed by atoms with van der Waals surface area (Å²) >= 11 is 6.90. The van der Waals surface area contributed by atoms with Crippen LogP contribution in [0.2, 0.25) is 5.02 Å². The van der Waals surface area contributed by atoms with Crippen LogP contribution in [0.25, 0.3) is 0 Å². The van der Waals surface area contributed by atoms with E-state index in [0.717, 1.165) is 23.4 Å². The highest BCUT2D eigenvalue weighted by Crippen LogP contribution is 2.36. The fourth-order valence-electron chi connectivity index (χ4n) is 3.28. The number of halogens is 4. The zero-order valence-electron chi connectivity index (χ0n) is 17.2. The zero-order valence-corrected chi connectivity index (χ0v) is 18.7. The number of carbonyl (C=O) groups excluding carboxylic acids is 1. The molecule has 0 radical (unpaired) electrons. The van der Waals surface area contributed by atoms with Crippen LogP contribution in [0.5, 0.6) is 5.75 Å². The van der Waals surface area contributed by atoms with E-state index in [1.807, 2.05) is 12.1 Å². The summed E-state index contributed by atoms with van der Waals surface area (Å²) in [6, 6.07) is 11.2. The van der Waals surface area contributed by atoms with Crippen LogP contribution in [0.3, 0.4) is 0 Å². The molecule has 0 N–H and O–H groups in total. The van der Waals surface area contributed by atoms with Gasteiger partial charge < -0.3 is 9.15 Å². The van der Waals surface area contributed by atoms with E-state index in [4.69, 9.17) is 20.8 Å². The number of alkyl halides is 3. The van der Waals surface area contributed by atoms with Crippen molar-refractivity contribution in [1.29, 1.82) is 0 Å². The summed E-state index contributed by atoms with van der Waals surface area (Å²) in [5.41, 5.74) is 0.584. The maximum atomic E-state index is 13.0. The number of hydrogen-bond acceptors (Lipinski definition) is 6. The second-order valence-electron chi connectivity index (χ2n) is 7.05. The molecule has 1 atom stereocenters. The molecule has 3 aromatic rings. The third-order valence-corrected chi connectivity index (χ3v) is 6.32. The topological polar surface area (TPSA) is 67.9 Å². The molecule has 1 aliphatic heterocycles. The van der Waals surface area contributed by atoms with Gasteiger partial charge in [0, 0.05) is 12.6 Å². The van der Waals surface area contributed by atoms with Crippen LogP contribution >= 0.6 is 23.4 Å². The number of pyridine rings is 1. The Morgan fingerprint density at radius 1 is 1.30 bits per heavy atom. The van der Waals surface area contributed by atoms with Crippen LogP contribution in [0, 0.1) is 0 Å². The van der Waals surface area contributed by atoms with E-state index in [1.165, 1.54) is 11.3 Å². The first-order valence-corrected chi connectivity index (χ1v) is 11.1. The number of furan rings is 1. The van der Waals surface area contributed by atoms with Crippen LogP contribution in [-0.2, 0) is 11.0 Å². The van der Waals surface area contributed by atoms with E-state index >= 15 is 0 Å². The summed E-state index contributed by atoms with van der Waals surface area (Å²) in [6.07, 6.45) is -1.90. The van der Waals surface area contributed by atoms with E-state index in [9.17, 15) is 18.0 Å². The fourth-order valence-corrected chi connectivity index (χ4v) is 4.33. The first-order chi connectivity index (χ1) is 15.8. The molecule has 4 rings (SSSR count). The Morgan fingerprint density at radius 3 is 2.67 bits per heavy atom. The van der Waals surface area contributed by atoms with Gasteiger partial charge in [0.25, 0.3) is 5.91 Å². The third kappa shape index (κ3) is 5.17. The second kappa shape index (κ2) is 9.48. The lowest BCUT2D eigenvalue weighted by Crippen LogP contribution is -2.28. The average molecular weight is 496 g/mol. The van der Waals surface area contributed by atoms with Gasteiger partial charge in [-0.3, -0.25) is 4.79 Å². The normalized spacial score (nSPS) is 16.1. The number of amides is 1. The minimum absolute atomic E-state index is 0.116. The van der Waals surface area contributed by atoms with Crippen molar-refractivity contribution in [2.24, 2.45) is 5.10 Å². The molecular weight excluding hydrogens is 479 g/mol. The smallest absolute Gasteiger partial charge is 0.417 e. The average Bonchev–Trinajstić information content (AvgIpc) is 3.47. The Labute approximate surface area is 196 Å². The van der Waals surface area contributed by atoms with Gasteiger partial charge in [0.05, 0.1) is 35.4 Å². The SMILES string of the molecule is COc1ccc(C2=NN(C(=O)CSc3ncc(C(F)(F)F)cc3Cl)[C@H](c3ccco3)C2)cc1. The maximum Gasteiger partial charge on any atom is 0.417 e. The lowest BCUT2D eigenvalue weighted by Gasteiger charge is -2.19. The van der Waals surface area contributed by atoms with Gasteiger partial charge in [0.15, 0.2) is 0 Å². The van der Waals surface area contributed by atoms with Crippen molar-refractivity contribution in [1.82, 2.24) is 9.99 Å². The number of hydrazone groups is 1. The first-order valence-electron chi connectivity index (χ1n) is 9.69. The van der Waals surface area contributed by atoms with Crippen molar-refractivity contribution in [3.63, 3.8) is 0 Å². The predicted molar refractivity (Wildman–Crippen MR) is 117 cm³/mol. The largest absolute Gasteiger partial charge is 0.497 e. The van der Waals surface area contributed by atoms with E-state index < -0.39 is 17.8 Å². The van der Waals surface area contributed by atoms with Gasteiger partial charge in [0.1, 0.15) is 22.6 Å². The monoisotopic (exact) mass is 495 g/mol.